The van der Waals surface area contributed by atoms with Gasteiger partial charge in [-0.2, -0.15) is 0 Å². The van der Waals surface area contributed by atoms with Crippen LogP contribution in [0.25, 0.3) is 0 Å². The second kappa shape index (κ2) is 5.03. The molecule has 1 aromatic rings. The molecule has 0 unspecified atom stereocenters. The first-order valence-corrected chi connectivity index (χ1v) is 7.66. The second-order valence-electron chi connectivity index (χ2n) is 6.45. The van der Waals surface area contributed by atoms with Crippen molar-refractivity contribution in [1.82, 2.24) is 4.98 Å². The van der Waals surface area contributed by atoms with E-state index >= 15 is 0 Å². The molecule has 2 N–H and O–H groups in total. The number of pyridine rings is 1. The molecule has 1 spiro atoms. The van der Waals surface area contributed by atoms with Crippen LogP contribution in [0.1, 0.15) is 50.5 Å². The van der Waals surface area contributed by atoms with Gasteiger partial charge in [-0.15, -0.1) is 0 Å². The second-order valence-corrected chi connectivity index (χ2v) is 6.45. The van der Waals surface area contributed by atoms with E-state index in [1.807, 2.05) is 19.2 Å². The minimum absolute atomic E-state index is 0.658. The van der Waals surface area contributed by atoms with Crippen LogP contribution in [0.2, 0.25) is 0 Å². The van der Waals surface area contributed by atoms with Gasteiger partial charge in [-0.1, -0.05) is 19.3 Å². The number of nitrogen functional groups attached to an aromatic ring is 1. The van der Waals surface area contributed by atoms with Crippen molar-refractivity contribution in [2.45, 2.75) is 51.9 Å². The Hall–Kier alpha value is -1.25. The third kappa shape index (κ3) is 2.56. The topological polar surface area (TPSA) is 42.2 Å². The number of nitrogens with zero attached hydrogens (tertiary/aromatic N) is 2. The highest BCUT2D eigenvalue weighted by molar-refractivity contribution is 5.54. The van der Waals surface area contributed by atoms with Crippen LogP contribution in [0.15, 0.2) is 12.3 Å². The quantitative estimate of drug-likeness (QED) is 0.839. The van der Waals surface area contributed by atoms with Gasteiger partial charge in [0.2, 0.25) is 0 Å². The first kappa shape index (κ1) is 12.8. The summed E-state index contributed by atoms with van der Waals surface area (Å²) in [6.07, 6.45) is 11.8. The maximum Gasteiger partial charge on any atom is 0.130 e. The molecule has 0 amide bonds. The fourth-order valence-electron chi connectivity index (χ4n) is 3.71. The van der Waals surface area contributed by atoms with Crippen LogP contribution in [-0.4, -0.2) is 18.1 Å². The highest BCUT2D eigenvalue weighted by Gasteiger charge is 2.35. The normalized spacial score (nSPS) is 22.7. The number of hydrogen-bond donors (Lipinski definition) is 1. The Labute approximate surface area is 116 Å². The molecule has 2 fully saturated rings. The van der Waals surface area contributed by atoms with E-state index in [-0.39, 0.29) is 0 Å². The maximum atomic E-state index is 6.00. The molecule has 2 aliphatic rings. The number of hydrogen-bond acceptors (Lipinski definition) is 3. The molecule has 0 atom stereocenters. The predicted molar refractivity (Wildman–Crippen MR) is 80.4 cm³/mol. The monoisotopic (exact) mass is 259 g/mol. The average molecular weight is 259 g/mol. The summed E-state index contributed by atoms with van der Waals surface area (Å²) in [5.74, 6) is 1.06. The van der Waals surface area contributed by atoms with E-state index in [2.05, 4.69) is 9.88 Å². The van der Waals surface area contributed by atoms with Gasteiger partial charge in [0.25, 0.3) is 0 Å². The number of anilines is 2. The van der Waals surface area contributed by atoms with E-state index in [1.165, 1.54) is 44.9 Å². The van der Waals surface area contributed by atoms with Crippen LogP contribution in [0.5, 0.6) is 0 Å². The molecule has 1 aliphatic carbocycles. The van der Waals surface area contributed by atoms with Crippen molar-refractivity contribution in [1.29, 1.82) is 0 Å². The number of piperidine rings is 1. The zero-order valence-corrected chi connectivity index (χ0v) is 12.0. The van der Waals surface area contributed by atoms with Crippen molar-refractivity contribution < 1.29 is 0 Å². The molecule has 1 aliphatic heterocycles. The van der Waals surface area contributed by atoms with Crippen molar-refractivity contribution in [2.75, 3.05) is 23.7 Å². The molecular weight excluding hydrogens is 234 g/mol. The van der Waals surface area contributed by atoms with E-state index in [4.69, 9.17) is 5.73 Å². The fourth-order valence-corrected chi connectivity index (χ4v) is 3.71. The molecular formula is C16H25N3. The first-order chi connectivity index (χ1) is 9.19. The molecule has 1 aromatic heterocycles. The van der Waals surface area contributed by atoms with Gasteiger partial charge in [-0.25, -0.2) is 4.98 Å². The lowest BCUT2D eigenvalue weighted by Gasteiger charge is -2.44. The average Bonchev–Trinajstić information content (AvgIpc) is 2.44. The van der Waals surface area contributed by atoms with Gasteiger partial charge < -0.3 is 10.6 Å². The molecule has 3 nitrogen and oxygen atoms in total. The highest BCUT2D eigenvalue weighted by Crippen LogP contribution is 2.45. The summed E-state index contributed by atoms with van der Waals surface area (Å²) in [6, 6.07) is 2.04. The zero-order chi connectivity index (χ0) is 13.3. The van der Waals surface area contributed by atoms with E-state index in [9.17, 15) is 0 Å². The van der Waals surface area contributed by atoms with Crippen molar-refractivity contribution >= 4 is 11.5 Å². The Bertz CT molecular complexity index is 439. The molecule has 3 heteroatoms. The molecule has 0 radical (unpaired) electrons. The van der Waals surface area contributed by atoms with E-state index < -0.39 is 0 Å². The molecule has 1 saturated carbocycles. The van der Waals surface area contributed by atoms with E-state index in [0.29, 0.717) is 5.41 Å². The minimum atomic E-state index is 0.658. The van der Waals surface area contributed by atoms with Crippen LogP contribution < -0.4 is 10.6 Å². The smallest absolute Gasteiger partial charge is 0.130 e. The Morgan fingerprint density at radius 1 is 1.11 bits per heavy atom. The predicted octanol–water partition coefficient (Wildman–Crippen LogP) is 3.52. The van der Waals surface area contributed by atoms with Gasteiger partial charge in [0.05, 0.1) is 0 Å². The van der Waals surface area contributed by atoms with Crippen LogP contribution in [0.4, 0.5) is 11.5 Å². The van der Waals surface area contributed by atoms with E-state index in [0.717, 1.165) is 30.2 Å². The molecule has 104 valence electrons. The third-order valence-corrected chi connectivity index (χ3v) is 5.19. The summed E-state index contributed by atoms with van der Waals surface area (Å²) >= 11 is 0. The van der Waals surface area contributed by atoms with Gasteiger partial charge in [-0.05, 0) is 43.6 Å². The Balaban J connectivity index is 1.67. The Morgan fingerprint density at radius 2 is 1.79 bits per heavy atom. The summed E-state index contributed by atoms with van der Waals surface area (Å²) in [6.45, 7) is 4.31. The number of aryl methyl sites for hydroxylation is 1. The van der Waals surface area contributed by atoms with Gasteiger partial charge >= 0.3 is 0 Å². The largest absolute Gasteiger partial charge is 0.398 e. The Morgan fingerprint density at radius 3 is 2.42 bits per heavy atom. The van der Waals surface area contributed by atoms with Crippen molar-refractivity contribution in [2.24, 2.45) is 5.41 Å². The summed E-state index contributed by atoms with van der Waals surface area (Å²) in [5.41, 5.74) is 8.59. The lowest BCUT2D eigenvalue weighted by molar-refractivity contribution is 0.144. The molecule has 3 rings (SSSR count). The SMILES string of the molecule is Cc1cnc(N2CCC3(CCCCC3)CC2)cc1N. The summed E-state index contributed by atoms with van der Waals surface area (Å²) in [4.78, 5) is 6.95. The molecule has 0 bridgehead atoms. The molecule has 1 saturated heterocycles. The van der Waals surface area contributed by atoms with E-state index in [1.54, 1.807) is 0 Å². The summed E-state index contributed by atoms with van der Waals surface area (Å²) in [5, 5.41) is 0. The Kier molecular flexibility index (Phi) is 3.38. The lowest BCUT2D eigenvalue weighted by Crippen LogP contribution is -2.41. The van der Waals surface area contributed by atoms with Crippen LogP contribution >= 0.6 is 0 Å². The van der Waals surface area contributed by atoms with Gasteiger partial charge in [0, 0.05) is 31.0 Å². The van der Waals surface area contributed by atoms with Crippen molar-refractivity contribution in [3.63, 3.8) is 0 Å². The highest BCUT2D eigenvalue weighted by atomic mass is 15.2. The van der Waals surface area contributed by atoms with Crippen molar-refractivity contribution in [3.8, 4) is 0 Å². The molecule has 2 heterocycles. The summed E-state index contributed by atoms with van der Waals surface area (Å²) < 4.78 is 0. The van der Waals surface area contributed by atoms with Gasteiger partial charge in [0.1, 0.15) is 5.82 Å². The van der Waals surface area contributed by atoms with Gasteiger partial charge in [0.15, 0.2) is 0 Å². The maximum absolute atomic E-state index is 6.00. The number of rotatable bonds is 1. The number of aromatic nitrogens is 1. The van der Waals surface area contributed by atoms with Gasteiger partial charge in [-0.3, -0.25) is 0 Å². The minimum Gasteiger partial charge on any atom is -0.398 e. The first-order valence-electron chi connectivity index (χ1n) is 7.66. The van der Waals surface area contributed by atoms with Crippen LogP contribution in [-0.2, 0) is 0 Å². The van der Waals surface area contributed by atoms with Crippen molar-refractivity contribution in [3.05, 3.63) is 17.8 Å². The fraction of sp³-hybridized carbons (Fsp3) is 0.688. The van der Waals surface area contributed by atoms with Crippen LogP contribution in [0, 0.1) is 12.3 Å². The summed E-state index contributed by atoms with van der Waals surface area (Å²) in [7, 11) is 0. The standard InChI is InChI=1S/C16H25N3/c1-13-12-18-15(11-14(13)17)19-9-7-16(8-10-19)5-3-2-4-6-16/h11-12H,2-10H2,1H3,(H2,17,18). The number of nitrogens with two attached hydrogens (primary N) is 1. The third-order valence-electron chi connectivity index (χ3n) is 5.19. The zero-order valence-electron chi connectivity index (χ0n) is 12.0. The molecule has 0 aromatic carbocycles. The molecule has 19 heavy (non-hydrogen) atoms. The van der Waals surface area contributed by atoms with Crippen LogP contribution in [0.3, 0.4) is 0 Å². The lowest BCUT2D eigenvalue weighted by atomic mass is 9.68.